The molecule has 0 aromatic heterocycles. The molecule has 0 aliphatic carbocycles. The van der Waals surface area contributed by atoms with Crippen molar-refractivity contribution in [2.24, 2.45) is 5.41 Å². The van der Waals surface area contributed by atoms with Gasteiger partial charge in [-0.05, 0) is 0 Å². The van der Waals surface area contributed by atoms with Gasteiger partial charge in [0, 0.05) is 49.3 Å². The van der Waals surface area contributed by atoms with Crippen molar-refractivity contribution in [1.82, 2.24) is 0 Å². The van der Waals surface area contributed by atoms with E-state index in [0.717, 1.165) is 17.3 Å². The molecule has 0 saturated carbocycles. The molecule has 0 N–H and O–H groups in total. The highest BCUT2D eigenvalue weighted by Gasteiger charge is 2.40. The third kappa shape index (κ3) is 12.9. The first-order chi connectivity index (χ1) is 21.2. The SMILES string of the molecule is COCCOCOC[C@@H]1CSC2=C(SC(=C3SC4=C(SCC(COCOCCOC)(COCOCCOC)CS4)S3)S2)S1. The molecule has 0 unspecified atom stereocenters. The molecule has 0 spiro atoms. The molecule has 4 aliphatic rings. The zero-order valence-corrected chi connectivity index (χ0v) is 31.2. The monoisotopic (exact) mass is 752 g/mol. The van der Waals surface area contributed by atoms with Gasteiger partial charge in [-0.25, -0.2) is 0 Å². The minimum absolute atomic E-state index is 0.153. The zero-order valence-electron chi connectivity index (χ0n) is 24.6. The van der Waals surface area contributed by atoms with E-state index in [9.17, 15) is 0 Å². The molecule has 4 aliphatic heterocycles. The third-order valence-electron chi connectivity index (χ3n) is 5.85. The summed E-state index contributed by atoms with van der Waals surface area (Å²) in [4.78, 5) is 0. The first-order valence-electron chi connectivity index (χ1n) is 13.6. The number of rotatable bonds is 21. The second-order valence-corrected chi connectivity index (χ2v) is 19.3. The van der Waals surface area contributed by atoms with Crippen molar-refractivity contribution < 1.29 is 42.6 Å². The van der Waals surface area contributed by atoms with Crippen LogP contribution in [0.5, 0.6) is 0 Å². The second-order valence-electron chi connectivity index (χ2n) is 9.39. The molecule has 4 rings (SSSR count). The summed E-state index contributed by atoms with van der Waals surface area (Å²) in [7, 11) is 5.00. The smallest absolute Gasteiger partial charge is 0.146 e. The molecule has 0 aromatic rings. The maximum Gasteiger partial charge on any atom is 0.146 e. The van der Waals surface area contributed by atoms with E-state index in [1.54, 1.807) is 21.3 Å². The predicted molar refractivity (Wildman–Crippen MR) is 189 cm³/mol. The average Bonchev–Trinajstić information content (AvgIpc) is 3.60. The molecule has 0 aromatic carbocycles. The first kappa shape index (κ1) is 37.5. The normalized spacial score (nSPS) is 22.0. The predicted octanol–water partition coefficient (Wildman–Crippen LogP) is 6.55. The van der Waals surface area contributed by atoms with Crippen molar-refractivity contribution in [3.63, 3.8) is 0 Å². The highest BCUT2D eigenvalue weighted by atomic mass is 32.3. The molecular formula is C26H40O9S8. The first-order valence-corrected chi connectivity index (χ1v) is 20.7. The van der Waals surface area contributed by atoms with Crippen molar-refractivity contribution in [3.05, 3.63) is 25.4 Å². The van der Waals surface area contributed by atoms with E-state index >= 15 is 0 Å². The maximum absolute atomic E-state index is 5.98. The summed E-state index contributed by atoms with van der Waals surface area (Å²) < 4.78 is 57.8. The van der Waals surface area contributed by atoms with Gasteiger partial charge < -0.3 is 42.6 Å². The second kappa shape index (κ2) is 21.6. The van der Waals surface area contributed by atoms with Gasteiger partial charge in [-0.1, -0.05) is 47.0 Å². The van der Waals surface area contributed by atoms with Crippen molar-refractivity contribution in [3.8, 4) is 0 Å². The van der Waals surface area contributed by atoms with E-state index in [4.69, 9.17) is 42.6 Å². The summed E-state index contributed by atoms with van der Waals surface area (Å²) in [5.74, 6) is 2.87. The van der Waals surface area contributed by atoms with E-state index in [-0.39, 0.29) is 19.0 Å². The molecule has 4 heterocycles. The Morgan fingerprint density at radius 3 is 1.51 bits per heavy atom. The van der Waals surface area contributed by atoms with Crippen LogP contribution < -0.4 is 0 Å². The van der Waals surface area contributed by atoms with Gasteiger partial charge in [-0.3, -0.25) is 0 Å². The van der Waals surface area contributed by atoms with Crippen LogP contribution in [0.4, 0.5) is 0 Å². The molecular weight excluding hydrogens is 713 g/mol. The largest absolute Gasteiger partial charge is 0.382 e. The van der Waals surface area contributed by atoms with E-state index in [1.165, 1.54) is 25.4 Å². The zero-order chi connectivity index (χ0) is 30.2. The van der Waals surface area contributed by atoms with Crippen molar-refractivity contribution in [1.29, 1.82) is 0 Å². The van der Waals surface area contributed by atoms with Gasteiger partial charge in [-0.15, -0.1) is 47.0 Å². The van der Waals surface area contributed by atoms with E-state index < -0.39 is 0 Å². The highest BCUT2D eigenvalue weighted by Crippen LogP contribution is 2.68. The van der Waals surface area contributed by atoms with Gasteiger partial charge >= 0.3 is 0 Å². The van der Waals surface area contributed by atoms with Crippen LogP contribution in [-0.4, -0.2) is 124 Å². The fourth-order valence-corrected chi connectivity index (χ4v) is 16.5. The Morgan fingerprint density at radius 2 is 1.00 bits per heavy atom. The Bertz CT molecular complexity index is 912. The molecule has 0 bridgehead atoms. The topological polar surface area (TPSA) is 83.1 Å². The summed E-state index contributed by atoms with van der Waals surface area (Å²) in [5, 5.41) is 0.436. The molecule has 1 atom stereocenters. The van der Waals surface area contributed by atoms with Gasteiger partial charge in [0.05, 0.1) is 84.9 Å². The minimum Gasteiger partial charge on any atom is -0.382 e. The Morgan fingerprint density at radius 1 is 0.535 bits per heavy atom. The molecule has 9 nitrogen and oxygen atoms in total. The van der Waals surface area contributed by atoms with Gasteiger partial charge in [0.15, 0.2) is 0 Å². The third-order valence-corrected chi connectivity index (χ3v) is 18.6. The van der Waals surface area contributed by atoms with E-state index in [0.29, 0.717) is 71.5 Å². The van der Waals surface area contributed by atoms with Crippen LogP contribution in [0.1, 0.15) is 0 Å². The summed E-state index contributed by atoms with van der Waals surface area (Å²) in [6, 6.07) is 0. The van der Waals surface area contributed by atoms with Crippen molar-refractivity contribution in [2.75, 3.05) is 118 Å². The maximum atomic E-state index is 5.98. The highest BCUT2D eigenvalue weighted by molar-refractivity contribution is 8.45. The Labute approximate surface area is 289 Å². The van der Waals surface area contributed by atoms with Gasteiger partial charge in [-0.2, -0.15) is 0 Å². The lowest BCUT2D eigenvalue weighted by Crippen LogP contribution is -2.38. The van der Waals surface area contributed by atoms with Crippen LogP contribution in [0.2, 0.25) is 0 Å². The van der Waals surface area contributed by atoms with Crippen LogP contribution in [0.3, 0.4) is 0 Å². The molecule has 0 amide bonds. The summed E-state index contributed by atoms with van der Waals surface area (Å²) in [6.07, 6.45) is 0. The molecule has 0 saturated heterocycles. The van der Waals surface area contributed by atoms with E-state index in [1.807, 2.05) is 94.1 Å². The standard InChI is InChI=1S/C26H40O9S8/c1-27-4-7-30-16-33-10-19-11-36-22-23(39-19)43-25(42-22)24-40-20-21(41-24)38-15-26(14-37-20,12-34-17-31-8-5-28-2)13-35-18-32-9-6-29-3/h19H,4-18H2,1-3H3/t19-/m1/s1. The number of thioether (sulfide) groups is 8. The minimum atomic E-state index is -0.153. The summed E-state index contributed by atoms with van der Waals surface area (Å²) in [6.45, 7) is 5.90. The Balaban J connectivity index is 1.24. The Kier molecular flexibility index (Phi) is 18.8. The van der Waals surface area contributed by atoms with E-state index in [2.05, 4.69) is 0 Å². The van der Waals surface area contributed by atoms with Gasteiger partial charge in [0.1, 0.15) is 20.4 Å². The summed E-state index contributed by atoms with van der Waals surface area (Å²) in [5.41, 5.74) is -0.153. The lowest BCUT2D eigenvalue weighted by Gasteiger charge is -2.31. The molecule has 43 heavy (non-hydrogen) atoms. The molecule has 246 valence electrons. The van der Waals surface area contributed by atoms with Crippen molar-refractivity contribution in [2.45, 2.75) is 5.25 Å². The Hall–Kier alpha value is 1.66. The molecule has 0 radical (unpaired) electrons. The lowest BCUT2D eigenvalue weighted by molar-refractivity contribution is -0.117. The van der Waals surface area contributed by atoms with Crippen LogP contribution in [-0.2, 0) is 42.6 Å². The van der Waals surface area contributed by atoms with Crippen molar-refractivity contribution >= 4 is 94.1 Å². The van der Waals surface area contributed by atoms with Crippen LogP contribution >= 0.6 is 94.1 Å². The number of methoxy groups -OCH3 is 3. The number of hydrogen-bond donors (Lipinski definition) is 0. The quantitative estimate of drug-likeness (QED) is 0.0938. The number of ether oxygens (including phenoxy) is 9. The van der Waals surface area contributed by atoms with Crippen LogP contribution in [0.15, 0.2) is 25.4 Å². The van der Waals surface area contributed by atoms with Crippen LogP contribution in [0, 0.1) is 5.41 Å². The van der Waals surface area contributed by atoms with Gasteiger partial charge in [0.2, 0.25) is 0 Å². The number of hydrogen-bond acceptors (Lipinski definition) is 17. The average molecular weight is 753 g/mol. The lowest BCUT2D eigenvalue weighted by atomic mass is 9.95. The summed E-state index contributed by atoms with van der Waals surface area (Å²) >= 11 is 15.4. The van der Waals surface area contributed by atoms with Crippen LogP contribution in [0.25, 0.3) is 0 Å². The fraction of sp³-hybridized carbons (Fsp3) is 0.769. The molecule has 17 heteroatoms. The fourth-order valence-electron chi connectivity index (χ4n) is 3.65. The molecule has 0 fully saturated rings. The van der Waals surface area contributed by atoms with Gasteiger partial charge in [0.25, 0.3) is 0 Å².